The molecule has 4 heteroatoms. The predicted octanol–water partition coefficient (Wildman–Crippen LogP) is 0.110. The fourth-order valence-corrected chi connectivity index (χ4v) is 3.28. The Labute approximate surface area is 96.0 Å². The Morgan fingerprint density at radius 1 is 1.31 bits per heavy atom. The predicted molar refractivity (Wildman–Crippen MR) is 59.9 cm³/mol. The zero-order valence-electron chi connectivity index (χ0n) is 9.56. The Hall–Kier alpha value is -0.610. The summed E-state index contributed by atoms with van der Waals surface area (Å²) in [7, 11) is 0. The van der Waals surface area contributed by atoms with Crippen LogP contribution >= 0.6 is 0 Å². The van der Waals surface area contributed by atoms with Gasteiger partial charge < -0.3 is 15.3 Å². The molecule has 4 nitrogen and oxygen atoms in total. The first-order valence-corrected chi connectivity index (χ1v) is 6.47. The summed E-state index contributed by atoms with van der Waals surface area (Å²) < 4.78 is 0. The summed E-state index contributed by atoms with van der Waals surface area (Å²) in [5, 5.41) is 12.5. The third-order valence-corrected chi connectivity index (χ3v) is 4.23. The molecule has 90 valence electrons. The lowest BCUT2D eigenvalue weighted by atomic mass is 9.88. The van der Waals surface area contributed by atoms with Crippen LogP contribution in [0.4, 0.5) is 0 Å². The smallest absolute Gasteiger partial charge is 0.227 e. The summed E-state index contributed by atoms with van der Waals surface area (Å²) >= 11 is 0. The first kappa shape index (κ1) is 10.5. The maximum Gasteiger partial charge on any atom is 0.227 e. The molecule has 2 heterocycles. The number of aliphatic hydroxyl groups excluding tert-OH is 1. The summed E-state index contributed by atoms with van der Waals surface area (Å²) in [5.41, 5.74) is 0. The van der Waals surface area contributed by atoms with Gasteiger partial charge in [-0.1, -0.05) is 0 Å². The molecule has 3 unspecified atom stereocenters. The molecule has 3 atom stereocenters. The fraction of sp³-hybridized carbons (Fsp3) is 0.917. The van der Waals surface area contributed by atoms with Gasteiger partial charge in [0.2, 0.25) is 5.91 Å². The average molecular weight is 224 g/mol. The van der Waals surface area contributed by atoms with Crippen molar-refractivity contribution in [3.8, 4) is 0 Å². The maximum absolute atomic E-state index is 12.4. The Balaban J connectivity index is 1.66. The Morgan fingerprint density at radius 3 is 2.62 bits per heavy atom. The van der Waals surface area contributed by atoms with Crippen LogP contribution in [0.1, 0.15) is 32.1 Å². The first-order valence-electron chi connectivity index (χ1n) is 6.47. The van der Waals surface area contributed by atoms with Crippen molar-refractivity contribution in [2.45, 2.75) is 50.2 Å². The molecule has 16 heavy (non-hydrogen) atoms. The number of nitrogens with one attached hydrogen (secondary N) is 1. The molecule has 3 rings (SSSR count). The average Bonchev–Trinajstić information content (AvgIpc) is 2.91. The van der Waals surface area contributed by atoms with Crippen LogP contribution in [0.25, 0.3) is 0 Å². The molecule has 1 saturated carbocycles. The van der Waals surface area contributed by atoms with Crippen LogP contribution in [-0.2, 0) is 4.79 Å². The van der Waals surface area contributed by atoms with Crippen molar-refractivity contribution >= 4 is 5.91 Å². The van der Waals surface area contributed by atoms with Crippen molar-refractivity contribution < 1.29 is 9.90 Å². The van der Waals surface area contributed by atoms with Crippen molar-refractivity contribution in [2.24, 2.45) is 5.92 Å². The van der Waals surface area contributed by atoms with Crippen LogP contribution in [0.3, 0.4) is 0 Å². The fourth-order valence-electron chi connectivity index (χ4n) is 3.28. The Kier molecular flexibility index (Phi) is 2.64. The number of hydrogen-bond acceptors (Lipinski definition) is 3. The molecule has 3 fully saturated rings. The zero-order chi connectivity index (χ0) is 11.1. The Morgan fingerprint density at radius 2 is 2.12 bits per heavy atom. The van der Waals surface area contributed by atoms with E-state index in [1.165, 1.54) is 6.42 Å². The van der Waals surface area contributed by atoms with E-state index >= 15 is 0 Å². The van der Waals surface area contributed by atoms with E-state index in [-0.39, 0.29) is 18.4 Å². The molecule has 0 aromatic carbocycles. The number of nitrogens with zero attached hydrogens (tertiary/aromatic N) is 1. The lowest BCUT2D eigenvalue weighted by molar-refractivity contribution is -0.137. The quantitative estimate of drug-likeness (QED) is 0.712. The second kappa shape index (κ2) is 4.00. The van der Waals surface area contributed by atoms with Gasteiger partial charge in [-0.25, -0.2) is 0 Å². The lowest BCUT2D eigenvalue weighted by Gasteiger charge is -2.28. The van der Waals surface area contributed by atoms with Crippen LogP contribution in [0.2, 0.25) is 0 Å². The Bertz CT molecular complexity index is 287. The van der Waals surface area contributed by atoms with E-state index in [2.05, 4.69) is 5.32 Å². The minimum atomic E-state index is 0.0937. The van der Waals surface area contributed by atoms with E-state index in [0.717, 1.165) is 25.7 Å². The van der Waals surface area contributed by atoms with Gasteiger partial charge in [-0.15, -0.1) is 0 Å². The first-order chi connectivity index (χ1) is 7.79. The van der Waals surface area contributed by atoms with Crippen molar-refractivity contribution in [2.75, 3.05) is 13.2 Å². The molecule has 1 aliphatic carbocycles. The van der Waals surface area contributed by atoms with E-state index in [1.54, 1.807) is 0 Å². The number of rotatable bonds is 4. The van der Waals surface area contributed by atoms with Gasteiger partial charge in [-0.05, 0) is 32.1 Å². The second-order valence-corrected chi connectivity index (χ2v) is 5.38. The third kappa shape index (κ3) is 1.74. The normalized spacial score (nSPS) is 36.7. The number of carbonyl (C=O) groups is 1. The number of amides is 1. The number of fused-ring (bicyclic) bond motifs is 2. The lowest BCUT2D eigenvalue weighted by Crippen LogP contribution is -2.43. The van der Waals surface area contributed by atoms with Gasteiger partial charge in [0.25, 0.3) is 0 Å². The molecule has 0 aromatic heterocycles. The van der Waals surface area contributed by atoms with Gasteiger partial charge >= 0.3 is 0 Å². The van der Waals surface area contributed by atoms with Gasteiger partial charge in [-0.2, -0.15) is 0 Å². The van der Waals surface area contributed by atoms with Gasteiger partial charge in [-0.3, -0.25) is 4.79 Å². The van der Waals surface area contributed by atoms with Gasteiger partial charge in [0.1, 0.15) is 0 Å². The van der Waals surface area contributed by atoms with Crippen LogP contribution in [-0.4, -0.2) is 47.2 Å². The standard InChI is InChI=1S/C12H20N2O2/c15-6-5-14(9-2-3-9)12(16)10-7-8-1-4-11(10)13-8/h8-11,13,15H,1-7H2. The molecular weight excluding hydrogens is 204 g/mol. The van der Waals surface area contributed by atoms with Crippen LogP contribution in [0.5, 0.6) is 0 Å². The summed E-state index contributed by atoms with van der Waals surface area (Å²) in [6.45, 7) is 0.619. The van der Waals surface area contributed by atoms with E-state index in [4.69, 9.17) is 5.11 Å². The zero-order valence-corrected chi connectivity index (χ0v) is 9.56. The highest BCUT2D eigenvalue weighted by atomic mass is 16.3. The van der Waals surface area contributed by atoms with Crippen LogP contribution < -0.4 is 5.32 Å². The van der Waals surface area contributed by atoms with E-state index in [1.807, 2.05) is 4.90 Å². The summed E-state index contributed by atoms with van der Waals surface area (Å²) in [4.78, 5) is 14.3. The molecule has 2 N–H and O–H groups in total. The molecule has 0 aromatic rings. The molecule has 0 radical (unpaired) electrons. The molecule has 1 amide bonds. The molecule has 3 aliphatic rings. The summed E-state index contributed by atoms with van der Waals surface area (Å²) in [6, 6.07) is 1.42. The van der Waals surface area contributed by atoms with E-state index in [0.29, 0.717) is 24.7 Å². The van der Waals surface area contributed by atoms with E-state index < -0.39 is 0 Å². The number of hydrogen-bond donors (Lipinski definition) is 2. The van der Waals surface area contributed by atoms with Crippen molar-refractivity contribution in [1.29, 1.82) is 0 Å². The van der Waals surface area contributed by atoms with Crippen LogP contribution in [0.15, 0.2) is 0 Å². The monoisotopic (exact) mass is 224 g/mol. The molecule has 2 saturated heterocycles. The highest BCUT2D eigenvalue weighted by molar-refractivity contribution is 5.81. The van der Waals surface area contributed by atoms with Gasteiger partial charge in [0.15, 0.2) is 0 Å². The topological polar surface area (TPSA) is 52.6 Å². The minimum absolute atomic E-state index is 0.0937. The molecule has 0 spiro atoms. The number of aliphatic hydroxyl groups is 1. The van der Waals surface area contributed by atoms with Crippen molar-refractivity contribution in [1.82, 2.24) is 10.2 Å². The highest BCUT2D eigenvalue weighted by Crippen LogP contribution is 2.36. The van der Waals surface area contributed by atoms with Crippen molar-refractivity contribution in [3.63, 3.8) is 0 Å². The van der Waals surface area contributed by atoms with Gasteiger partial charge in [0, 0.05) is 24.7 Å². The summed E-state index contributed by atoms with van der Waals surface area (Å²) in [6.07, 6.45) is 5.65. The molecule has 2 bridgehead atoms. The van der Waals surface area contributed by atoms with Crippen molar-refractivity contribution in [3.05, 3.63) is 0 Å². The van der Waals surface area contributed by atoms with Gasteiger partial charge in [0.05, 0.1) is 12.5 Å². The SMILES string of the molecule is O=C(C1CC2CCC1N2)N(CCO)C1CC1. The molecular formula is C12H20N2O2. The largest absolute Gasteiger partial charge is 0.395 e. The van der Waals surface area contributed by atoms with Crippen LogP contribution in [0, 0.1) is 5.92 Å². The molecule has 2 aliphatic heterocycles. The van der Waals surface area contributed by atoms with E-state index in [9.17, 15) is 4.79 Å². The second-order valence-electron chi connectivity index (χ2n) is 5.38. The third-order valence-electron chi connectivity index (χ3n) is 4.23. The minimum Gasteiger partial charge on any atom is -0.395 e. The summed E-state index contributed by atoms with van der Waals surface area (Å²) in [5.74, 6) is 0.474. The number of carbonyl (C=O) groups excluding carboxylic acids is 1. The maximum atomic E-state index is 12.4. The highest BCUT2D eigenvalue weighted by Gasteiger charge is 2.46.